The summed E-state index contributed by atoms with van der Waals surface area (Å²) in [6.07, 6.45) is 3.99. The van der Waals surface area contributed by atoms with E-state index in [1.54, 1.807) is 18.2 Å². The van der Waals surface area contributed by atoms with Crippen LogP contribution in [0.1, 0.15) is 29.1 Å². The normalized spacial score (nSPS) is 16.2. The van der Waals surface area contributed by atoms with Crippen LogP contribution < -0.4 is 21.5 Å². The van der Waals surface area contributed by atoms with Gasteiger partial charge in [0.15, 0.2) is 5.82 Å². The average Bonchev–Trinajstić information content (AvgIpc) is 3.44. The summed E-state index contributed by atoms with van der Waals surface area (Å²) < 4.78 is 29.1. The van der Waals surface area contributed by atoms with E-state index in [1.807, 2.05) is 0 Å². The van der Waals surface area contributed by atoms with Gasteiger partial charge in [0.05, 0.1) is 20.6 Å². The maximum Gasteiger partial charge on any atom is 0.321 e. The van der Waals surface area contributed by atoms with Crippen LogP contribution in [0.25, 0.3) is 16.8 Å². The molecule has 0 bridgehead atoms. The van der Waals surface area contributed by atoms with Crippen LogP contribution in [0, 0.1) is 0 Å². The van der Waals surface area contributed by atoms with E-state index in [-0.39, 0.29) is 17.8 Å². The Balaban J connectivity index is 1.49. The van der Waals surface area contributed by atoms with E-state index in [9.17, 15) is 18.4 Å². The number of pyridine rings is 1. The number of anilines is 2. The Morgan fingerprint density at radius 1 is 1.29 bits per heavy atom. The molecule has 5 heterocycles. The highest BCUT2D eigenvalue weighted by Crippen LogP contribution is 2.35. The molecule has 3 N–H and O–H groups in total. The zero-order valence-corrected chi connectivity index (χ0v) is 19.8. The number of carbonyl (C=O) groups excluding carboxylic acids is 1. The second kappa shape index (κ2) is 9.27. The molecule has 13 heteroatoms. The van der Waals surface area contributed by atoms with Crippen molar-refractivity contribution in [2.75, 3.05) is 23.7 Å². The number of nitrogens with zero attached hydrogens (tertiary/aromatic N) is 5. The molecule has 1 saturated heterocycles. The highest BCUT2D eigenvalue weighted by molar-refractivity contribution is 7.18. The second-order valence-corrected chi connectivity index (χ2v) is 9.84. The molecule has 0 radical (unpaired) electrons. The first-order valence-corrected chi connectivity index (χ1v) is 12.0. The van der Waals surface area contributed by atoms with E-state index in [2.05, 4.69) is 20.3 Å². The SMILES string of the molecule is Nc1ncnn2c(-c3ccc(=O)n(C(F)F)c3)cc(N3CCC[C@@H](NC(=O)c4ccc(Cl)s4)C3)c12. The Kier molecular flexibility index (Phi) is 6.15. The summed E-state index contributed by atoms with van der Waals surface area (Å²) in [4.78, 5) is 31.2. The van der Waals surface area contributed by atoms with E-state index in [0.29, 0.717) is 49.3 Å². The van der Waals surface area contributed by atoms with Crippen molar-refractivity contribution in [3.05, 3.63) is 62.4 Å². The number of aromatic nitrogens is 4. The topological polar surface area (TPSA) is 111 Å². The van der Waals surface area contributed by atoms with Crippen LogP contribution >= 0.6 is 22.9 Å². The fourth-order valence-corrected chi connectivity index (χ4v) is 5.26. The van der Waals surface area contributed by atoms with Gasteiger partial charge >= 0.3 is 6.55 Å². The average molecular weight is 520 g/mol. The largest absolute Gasteiger partial charge is 0.382 e. The van der Waals surface area contributed by atoms with Crippen molar-refractivity contribution in [3.63, 3.8) is 0 Å². The number of nitrogen functional groups attached to an aromatic ring is 1. The van der Waals surface area contributed by atoms with E-state index in [1.165, 1.54) is 28.2 Å². The molecular formula is C22H20ClF2N7O2S. The molecule has 0 aliphatic carbocycles. The summed E-state index contributed by atoms with van der Waals surface area (Å²) in [6, 6.07) is 7.60. The van der Waals surface area contributed by atoms with Crippen LogP contribution in [0.15, 0.2) is 47.7 Å². The first-order chi connectivity index (χ1) is 16.8. The zero-order valence-electron chi connectivity index (χ0n) is 18.2. The van der Waals surface area contributed by atoms with Crippen LogP contribution in [0.2, 0.25) is 4.34 Å². The zero-order chi connectivity index (χ0) is 24.7. The highest BCUT2D eigenvalue weighted by Gasteiger charge is 2.27. The standard InChI is InChI=1S/C22H20ClF2N7O2S/c23-17-5-4-16(35-17)21(34)29-13-2-1-7-30(10-13)15-8-14(32-19(15)20(26)27-11-28-32)12-3-6-18(33)31(9-12)22(24)25/h3-6,8-9,11,13,22H,1-2,7,10H2,(H,29,34)(H2,26,27,28)/t13-/m1/s1. The fourth-order valence-electron chi connectivity index (χ4n) is 4.31. The number of fused-ring (bicyclic) bond motifs is 1. The first-order valence-electron chi connectivity index (χ1n) is 10.8. The summed E-state index contributed by atoms with van der Waals surface area (Å²) in [5.41, 5.74) is 7.49. The number of rotatable bonds is 5. The quantitative estimate of drug-likeness (QED) is 0.416. The van der Waals surface area contributed by atoms with Crippen LogP contribution in [0.4, 0.5) is 20.3 Å². The fraction of sp³-hybridized carbons (Fsp3) is 0.273. The lowest BCUT2D eigenvalue weighted by atomic mass is 10.0. The van der Waals surface area contributed by atoms with Gasteiger partial charge in [0.1, 0.15) is 11.8 Å². The van der Waals surface area contributed by atoms with Crippen molar-refractivity contribution < 1.29 is 13.6 Å². The molecule has 1 amide bonds. The number of thiophene rings is 1. The molecule has 1 aliphatic heterocycles. The maximum absolute atomic E-state index is 13.3. The molecule has 35 heavy (non-hydrogen) atoms. The summed E-state index contributed by atoms with van der Waals surface area (Å²) >= 11 is 7.17. The molecule has 0 spiro atoms. The lowest BCUT2D eigenvalue weighted by molar-refractivity contribution is 0.0665. The molecule has 0 aromatic carbocycles. The van der Waals surface area contributed by atoms with Gasteiger partial charge in [0.2, 0.25) is 0 Å². The van der Waals surface area contributed by atoms with Crippen molar-refractivity contribution in [3.8, 4) is 11.3 Å². The molecule has 1 atom stereocenters. The monoisotopic (exact) mass is 519 g/mol. The minimum absolute atomic E-state index is 0.123. The van der Waals surface area contributed by atoms with Gasteiger partial charge in [-0.3, -0.25) is 14.2 Å². The number of amides is 1. The predicted molar refractivity (Wildman–Crippen MR) is 130 cm³/mol. The Bertz CT molecular complexity index is 1470. The van der Waals surface area contributed by atoms with Gasteiger partial charge in [0.25, 0.3) is 11.5 Å². The molecule has 4 aromatic rings. The van der Waals surface area contributed by atoms with E-state index in [0.717, 1.165) is 25.1 Å². The van der Waals surface area contributed by atoms with Crippen LogP contribution in [0.3, 0.4) is 0 Å². The maximum atomic E-state index is 13.3. The lowest BCUT2D eigenvalue weighted by Crippen LogP contribution is -2.47. The Hall–Kier alpha value is -3.51. The summed E-state index contributed by atoms with van der Waals surface area (Å²) in [6.45, 7) is -1.77. The minimum Gasteiger partial charge on any atom is -0.382 e. The van der Waals surface area contributed by atoms with Crippen molar-refractivity contribution >= 4 is 45.9 Å². The number of piperidine rings is 1. The van der Waals surface area contributed by atoms with E-state index >= 15 is 0 Å². The van der Waals surface area contributed by atoms with Gasteiger partial charge < -0.3 is 16.0 Å². The third kappa shape index (κ3) is 4.46. The number of halogens is 3. The van der Waals surface area contributed by atoms with Crippen molar-refractivity contribution in [1.29, 1.82) is 0 Å². The van der Waals surface area contributed by atoms with Gasteiger partial charge in [-0.25, -0.2) is 9.50 Å². The number of nitrogens with one attached hydrogen (secondary N) is 1. The highest BCUT2D eigenvalue weighted by atomic mass is 35.5. The van der Waals surface area contributed by atoms with E-state index in [4.69, 9.17) is 17.3 Å². The smallest absolute Gasteiger partial charge is 0.321 e. The summed E-state index contributed by atoms with van der Waals surface area (Å²) in [5, 5.41) is 7.34. The van der Waals surface area contributed by atoms with Crippen molar-refractivity contribution in [2.45, 2.75) is 25.4 Å². The number of hydrogen-bond acceptors (Lipinski definition) is 7. The van der Waals surface area contributed by atoms with Gasteiger partial charge in [-0.05, 0) is 37.1 Å². The molecule has 182 valence electrons. The third-order valence-corrected chi connectivity index (χ3v) is 7.13. The Morgan fingerprint density at radius 3 is 2.86 bits per heavy atom. The molecule has 9 nitrogen and oxygen atoms in total. The minimum atomic E-state index is -2.97. The number of hydrogen-bond donors (Lipinski definition) is 2. The van der Waals surface area contributed by atoms with Crippen LogP contribution in [0.5, 0.6) is 0 Å². The second-order valence-electron chi connectivity index (χ2n) is 8.12. The van der Waals surface area contributed by atoms with E-state index < -0.39 is 12.1 Å². The molecule has 0 unspecified atom stereocenters. The molecule has 4 aromatic heterocycles. The number of carbonyl (C=O) groups is 1. The van der Waals surface area contributed by atoms with Gasteiger partial charge in [-0.15, -0.1) is 11.3 Å². The lowest BCUT2D eigenvalue weighted by Gasteiger charge is -2.34. The summed E-state index contributed by atoms with van der Waals surface area (Å²) in [7, 11) is 0. The molecule has 0 saturated carbocycles. The van der Waals surface area contributed by atoms with Crippen molar-refractivity contribution in [1.82, 2.24) is 24.5 Å². The molecule has 1 aliphatic rings. The number of alkyl halides is 2. The van der Waals surface area contributed by atoms with Gasteiger partial charge in [0, 0.05) is 37.0 Å². The Labute approximate surface area is 206 Å². The third-order valence-electron chi connectivity index (χ3n) is 5.90. The van der Waals surface area contributed by atoms with Crippen molar-refractivity contribution in [2.24, 2.45) is 0 Å². The van der Waals surface area contributed by atoms with Crippen LogP contribution in [-0.2, 0) is 0 Å². The number of nitrogens with two attached hydrogens (primary N) is 1. The summed E-state index contributed by atoms with van der Waals surface area (Å²) in [5.74, 6) is 0.0381. The first kappa shape index (κ1) is 23.2. The predicted octanol–water partition coefficient (Wildman–Crippen LogP) is 3.65. The molecular weight excluding hydrogens is 500 g/mol. The van der Waals surface area contributed by atoms with Crippen LogP contribution in [-0.4, -0.2) is 44.2 Å². The molecule has 5 rings (SSSR count). The van der Waals surface area contributed by atoms with Gasteiger partial charge in [-0.2, -0.15) is 13.9 Å². The molecule has 1 fully saturated rings. The Morgan fingerprint density at radius 2 is 2.11 bits per heavy atom. The van der Waals surface area contributed by atoms with Gasteiger partial charge in [-0.1, -0.05) is 11.6 Å².